The first-order valence-electron chi connectivity index (χ1n) is 8.07. The number of halogens is 1. The van der Waals surface area contributed by atoms with Crippen LogP contribution in [0.1, 0.15) is 18.2 Å². The molecule has 0 amide bonds. The second kappa shape index (κ2) is 10.7. The van der Waals surface area contributed by atoms with Crippen LogP contribution in [0, 0.1) is 0 Å². The molecule has 1 N–H and O–H groups in total. The van der Waals surface area contributed by atoms with Crippen LogP contribution >= 0.6 is 27.3 Å². The van der Waals surface area contributed by atoms with E-state index in [0.717, 1.165) is 10.0 Å². The van der Waals surface area contributed by atoms with Gasteiger partial charge in [0.15, 0.2) is 11.5 Å². The van der Waals surface area contributed by atoms with Crippen molar-refractivity contribution in [3.63, 3.8) is 0 Å². The third-order valence-electron chi connectivity index (χ3n) is 3.15. The third kappa shape index (κ3) is 6.37. The molecule has 27 heavy (non-hydrogen) atoms. The van der Waals surface area contributed by atoms with Crippen LogP contribution in [0.25, 0.3) is 0 Å². The number of thiazole rings is 1. The third-order valence-corrected chi connectivity index (χ3v) is 4.54. The molecule has 9 heteroatoms. The SMILES string of the molecule is C=CCOc1c(Br)cc(C=NNc2nc(CC(=O)OCC)cs2)cc1OC. The predicted octanol–water partition coefficient (Wildman–Crippen LogP) is 4.03. The topological polar surface area (TPSA) is 82.0 Å². The number of nitrogens with zero attached hydrogens (tertiary/aromatic N) is 2. The lowest BCUT2D eigenvalue weighted by Crippen LogP contribution is -2.07. The summed E-state index contributed by atoms with van der Waals surface area (Å²) < 4.78 is 16.6. The van der Waals surface area contributed by atoms with Crippen molar-refractivity contribution in [3.05, 3.63) is 45.9 Å². The van der Waals surface area contributed by atoms with Crippen LogP contribution in [-0.2, 0) is 16.0 Å². The normalized spacial score (nSPS) is 10.6. The summed E-state index contributed by atoms with van der Waals surface area (Å²) >= 11 is 4.83. The average molecular weight is 454 g/mol. The predicted molar refractivity (Wildman–Crippen MR) is 110 cm³/mol. The minimum Gasteiger partial charge on any atom is -0.493 e. The maximum atomic E-state index is 11.5. The van der Waals surface area contributed by atoms with Gasteiger partial charge < -0.3 is 14.2 Å². The summed E-state index contributed by atoms with van der Waals surface area (Å²) in [5, 5.41) is 6.55. The lowest BCUT2D eigenvalue weighted by molar-refractivity contribution is -0.142. The summed E-state index contributed by atoms with van der Waals surface area (Å²) in [5.74, 6) is 0.887. The van der Waals surface area contributed by atoms with Gasteiger partial charge in [0.05, 0.1) is 36.5 Å². The van der Waals surface area contributed by atoms with Gasteiger partial charge in [0.25, 0.3) is 0 Å². The molecule has 0 aliphatic heterocycles. The van der Waals surface area contributed by atoms with Crippen molar-refractivity contribution in [1.29, 1.82) is 0 Å². The van der Waals surface area contributed by atoms with Gasteiger partial charge in [-0.1, -0.05) is 12.7 Å². The highest BCUT2D eigenvalue weighted by Gasteiger charge is 2.11. The average Bonchev–Trinajstić information content (AvgIpc) is 3.07. The van der Waals surface area contributed by atoms with E-state index in [2.05, 4.69) is 38.0 Å². The second-order valence-corrected chi connectivity index (χ2v) is 6.84. The largest absolute Gasteiger partial charge is 0.493 e. The summed E-state index contributed by atoms with van der Waals surface area (Å²) in [6, 6.07) is 3.67. The van der Waals surface area contributed by atoms with Crippen molar-refractivity contribution in [2.45, 2.75) is 13.3 Å². The Morgan fingerprint density at radius 1 is 1.48 bits per heavy atom. The molecule has 0 saturated carbocycles. The zero-order valence-corrected chi connectivity index (χ0v) is 17.4. The monoisotopic (exact) mass is 453 g/mol. The van der Waals surface area contributed by atoms with Crippen LogP contribution in [0.2, 0.25) is 0 Å². The standard InChI is InChI=1S/C18H20BrN3O4S/c1-4-6-26-17-14(19)7-12(8-15(17)24-3)10-20-22-18-21-13(11-27-18)9-16(23)25-5-2/h4,7-8,10-11H,1,5-6,9H2,2-3H3,(H,21,22). The molecule has 0 radical (unpaired) electrons. The van der Waals surface area contributed by atoms with Crippen LogP contribution in [0.5, 0.6) is 11.5 Å². The zero-order chi connectivity index (χ0) is 19.6. The number of hydrogen-bond donors (Lipinski definition) is 1. The zero-order valence-electron chi connectivity index (χ0n) is 15.0. The molecular weight excluding hydrogens is 434 g/mol. The van der Waals surface area contributed by atoms with Gasteiger partial charge in [-0.2, -0.15) is 5.10 Å². The van der Waals surface area contributed by atoms with Crippen LogP contribution in [-0.4, -0.2) is 37.5 Å². The molecular formula is C18H20BrN3O4S. The van der Waals surface area contributed by atoms with Gasteiger partial charge in [-0.15, -0.1) is 11.3 Å². The fourth-order valence-electron chi connectivity index (χ4n) is 2.06. The molecule has 0 saturated heterocycles. The molecule has 2 aromatic rings. The van der Waals surface area contributed by atoms with Gasteiger partial charge in [0.1, 0.15) is 6.61 Å². The van der Waals surface area contributed by atoms with E-state index in [4.69, 9.17) is 14.2 Å². The molecule has 144 valence electrons. The number of methoxy groups -OCH3 is 1. The van der Waals surface area contributed by atoms with Crippen LogP contribution in [0.15, 0.2) is 39.7 Å². The van der Waals surface area contributed by atoms with Gasteiger partial charge in [0, 0.05) is 5.38 Å². The van der Waals surface area contributed by atoms with E-state index in [1.165, 1.54) is 11.3 Å². The van der Waals surface area contributed by atoms with Crippen molar-refractivity contribution in [3.8, 4) is 11.5 Å². The minimum atomic E-state index is -0.298. The summed E-state index contributed by atoms with van der Waals surface area (Å²) in [7, 11) is 1.57. The van der Waals surface area contributed by atoms with Gasteiger partial charge in [0.2, 0.25) is 5.13 Å². The number of benzene rings is 1. The second-order valence-electron chi connectivity index (χ2n) is 5.13. The van der Waals surface area contributed by atoms with Crippen LogP contribution in [0.3, 0.4) is 0 Å². The lowest BCUT2D eigenvalue weighted by atomic mass is 10.2. The first kappa shape index (κ1) is 20.9. The molecule has 1 aromatic carbocycles. The number of aromatic nitrogens is 1. The number of ether oxygens (including phenoxy) is 3. The highest BCUT2D eigenvalue weighted by Crippen LogP contribution is 2.36. The number of hydrazone groups is 1. The summed E-state index contributed by atoms with van der Waals surface area (Å²) in [6.45, 7) is 6.14. The number of nitrogens with one attached hydrogen (secondary N) is 1. The molecule has 1 heterocycles. The Balaban J connectivity index is 2.02. The molecule has 0 fully saturated rings. The molecule has 0 aliphatic rings. The van der Waals surface area contributed by atoms with Crippen molar-refractivity contribution >= 4 is 44.6 Å². The van der Waals surface area contributed by atoms with E-state index in [0.29, 0.717) is 35.5 Å². The van der Waals surface area contributed by atoms with E-state index in [-0.39, 0.29) is 12.4 Å². The van der Waals surface area contributed by atoms with E-state index in [1.807, 2.05) is 12.1 Å². The molecule has 2 rings (SSSR count). The maximum Gasteiger partial charge on any atom is 0.311 e. The number of carbonyl (C=O) groups excluding carboxylic acids is 1. The minimum absolute atomic E-state index is 0.145. The van der Waals surface area contributed by atoms with Gasteiger partial charge in [-0.05, 0) is 40.5 Å². The summed E-state index contributed by atoms with van der Waals surface area (Å²) in [6.07, 6.45) is 3.44. The smallest absolute Gasteiger partial charge is 0.311 e. The fourth-order valence-corrected chi connectivity index (χ4v) is 3.29. The van der Waals surface area contributed by atoms with E-state index in [1.54, 1.807) is 31.7 Å². The molecule has 1 aromatic heterocycles. The molecule has 7 nitrogen and oxygen atoms in total. The Kier molecular flexibility index (Phi) is 8.28. The highest BCUT2D eigenvalue weighted by molar-refractivity contribution is 9.10. The van der Waals surface area contributed by atoms with Crippen molar-refractivity contribution in [1.82, 2.24) is 4.98 Å². The van der Waals surface area contributed by atoms with E-state index >= 15 is 0 Å². The van der Waals surface area contributed by atoms with Gasteiger partial charge in [-0.3, -0.25) is 10.2 Å². The molecule has 0 spiro atoms. The quantitative estimate of drug-likeness (QED) is 0.253. The van der Waals surface area contributed by atoms with Crippen LogP contribution < -0.4 is 14.9 Å². The molecule has 0 unspecified atom stereocenters. The van der Waals surface area contributed by atoms with Crippen molar-refractivity contribution in [2.24, 2.45) is 5.10 Å². The Hall–Kier alpha value is -2.39. The summed E-state index contributed by atoms with van der Waals surface area (Å²) in [5.41, 5.74) is 4.30. The Bertz CT molecular complexity index is 823. The Morgan fingerprint density at radius 3 is 3.00 bits per heavy atom. The van der Waals surface area contributed by atoms with Crippen molar-refractivity contribution < 1.29 is 19.0 Å². The fraction of sp³-hybridized carbons (Fsp3) is 0.278. The first-order valence-corrected chi connectivity index (χ1v) is 9.75. The number of anilines is 1. The molecule has 0 bridgehead atoms. The van der Waals surface area contributed by atoms with Crippen molar-refractivity contribution in [2.75, 3.05) is 25.7 Å². The first-order chi connectivity index (χ1) is 13.1. The number of carbonyl (C=O) groups is 1. The highest BCUT2D eigenvalue weighted by atomic mass is 79.9. The maximum absolute atomic E-state index is 11.5. The summed E-state index contributed by atoms with van der Waals surface area (Å²) in [4.78, 5) is 15.8. The number of rotatable bonds is 10. The molecule has 0 atom stereocenters. The van der Waals surface area contributed by atoms with E-state index in [9.17, 15) is 4.79 Å². The lowest BCUT2D eigenvalue weighted by Gasteiger charge is -2.12. The number of hydrogen-bond acceptors (Lipinski definition) is 8. The van der Waals surface area contributed by atoms with E-state index < -0.39 is 0 Å². The number of esters is 1. The van der Waals surface area contributed by atoms with Gasteiger partial charge >= 0.3 is 5.97 Å². The van der Waals surface area contributed by atoms with Crippen LogP contribution in [0.4, 0.5) is 5.13 Å². The Labute approximate surface area is 170 Å². The Morgan fingerprint density at radius 2 is 2.30 bits per heavy atom. The van der Waals surface area contributed by atoms with Gasteiger partial charge in [-0.25, -0.2) is 4.98 Å². The molecule has 0 aliphatic carbocycles.